The highest BCUT2D eigenvalue weighted by Crippen LogP contribution is 2.17. The second kappa shape index (κ2) is 5.97. The van der Waals surface area contributed by atoms with E-state index < -0.39 is 0 Å². The summed E-state index contributed by atoms with van der Waals surface area (Å²) in [5.74, 6) is 1.51. The maximum absolute atomic E-state index is 5.86. The molecule has 21 heavy (non-hydrogen) atoms. The van der Waals surface area contributed by atoms with Crippen LogP contribution in [-0.2, 0) is 6.54 Å². The molecular formula is C16H15ClN4. The first kappa shape index (κ1) is 13.6. The van der Waals surface area contributed by atoms with E-state index in [1.807, 2.05) is 36.4 Å². The molecule has 0 saturated heterocycles. The fraction of sp³-hybridized carbons (Fsp3) is 0.125. The number of benzene rings is 2. The van der Waals surface area contributed by atoms with Crippen molar-refractivity contribution < 1.29 is 0 Å². The molecule has 1 aromatic heterocycles. The molecule has 0 radical (unpaired) electrons. The second-order valence-corrected chi connectivity index (χ2v) is 5.27. The minimum Gasteiger partial charge on any atom is -0.378 e. The molecule has 0 aliphatic carbocycles. The number of hydrogen-bond acceptors (Lipinski definition) is 3. The van der Waals surface area contributed by atoms with Gasteiger partial charge in [-0.05, 0) is 37.3 Å². The molecule has 1 heterocycles. The van der Waals surface area contributed by atoms with E-state index >= 15 is 0 Å². The molecule has 3 rings (SSSR count). The first-order valence-electron chi connectivity index (χ1n) is 6.68. The Bertz CT molecular complexity index is 734. The summed E-state index contributed by atoms with van der Waals surface area (Å²) in [6.45, 7) is 2.64. The average molecular weight is 299 g/mol. The number of aryl methyl sites for hydroxylation is 1. The van der Waals surface area contributed by atoms with E-state index in [-0.39, 0.29) is 0 Å². The Morgan fingerprint density at radius 2 is 1.95 bits per heavy atom. The van der Waals surface area contributed by atoms with Crippen molar-refractivity contribution in [3.8, 4) is 11.4 Å². The van der Waals surface area contributed by atoms with E-state index in [1.54, 1.807) is 0 Å². The van der Waals surface area contributed by atoms with Gasteiger partial charge >= 0.3 is 0 Å². The molecule has 0 aliphatic rings. The Kier molecular flexibility index (Phi) is 3.88. The topological polar surface area (TPSA) is 53.6 Å². The van der Waals surface area contributed by atoms with Gasteiger partial charge in [0, 0.05) is 16.3 Å². The van der Waals surface area contributed by atoms with Crippen molar-refractivity contribution >= 4 is 17.3 Å². The summed E-state index contributed by atoms with van der Waals surface area (Å²) in [5.41, 5.74) is 3.20. The van der Waals surface area contributed by atoms with Crippen molar-refractivity contribution in [2.45, 2.75) is 13.5 Å². The van der Waals surface area contributed by atoms with E-state index in [4.69, 9.17) is 11.6 Å². The van der Waals surface area contributed by atoms with Crippen molar-refractivity contribution in [2.75, 3.05) is 5.32 Å². The maximum Gasteiger partial charge on any atom is 0.181 e. The van der Waals surface area contributed by atoms with Crippen LogP contribution in [0.15, 0.2) is 48.5 Å². The molecule has 0 amide bonds. The van der Waals surface area contributed by atoms with Crippen LogP contribution in [-0.4, -0.2) is 15.2 Å². The Balaban J connectivity index is 1.69. The van der Waals surface area contributed by atoms with Crippen LogP contribution in [0.2, 0.25) is 5.02 Å². The summed E-state index contributed by atoms with van der Waals surface area (Å²) in [6, 6.07) is 15.7. The largest absolute Gasteiger partial charge is 0.378 e. The van der Waals surface area contributed by atoms with Gasteiger partial charge in [0.05, 0.1) is 6.54 Å². The number of nitrogens with one attached hydrogen (secondary N) is 2. The minimum absolute atomic E-state index is 0.584. The Labute approximate surface area is 128 Å². The van der Waals surface area contributed by atoms with Crippen molar-refractivity contribution in [1.29, 1.82) is 0 Å². The average Bonchev–Trinajstić information content (AvgIpc) is 2.96. The normalized spacial score (nSPS) is 10.6. The van der Waals surface area contributed by atoms with Gasteiger partial charge in [-0.25, -0.2) is 4.98 Å². The van der Waals surface area contributed by atoms with Gasteiger partial charge in [0.25, 0.3) is 0 Å². The number of aromatic nitrogens is 3. The summed E-state index contributed by atoms with van der Waals surface area (Å²) in [7, 11) is 0. The highest BCUT2D eigenvalue weighted by molar-refractivity contribution is 6.30. The van der Waals surface area contributed by atoms with E-state index in [0.717, 1.165) is 22.1 Å². The fourth-order valence-electron chi connectivity index (χ4n) is 2.04. The van der Waals surface area contributed by atoms with Crippen LogP contribution in [0.5, 0.6) is 0 Å². The van der Waals surface area contributed by atoms with E-state index in [0.29, 0.717) is 12.4 Å². The molecule has 3 aromatic rings. The quantitative estimate of drug-likeness (QED) is 0.764. The first-order valence-corrected chi connectivity index (χ1v) is 7.06. The van der Waals surface area contributed by atoms with Gasteiger partial charge in [0.2, 0.25) is 0 Å². The highest BCUT2D eigenvalue weighted by Gasteiger charge is 2.05. The molecule has 0 aliphatic heterocycles. The summed E-state index contributed by atoms with van der Waals surface area (Å²) >= 11 is 5.86. The van der Waals surface area contributed by atoms with Crippen LogP contribution in [0.1, 0.15) is 11.4 Å². The number of hydrogen-bond donors (Lipinski definition) is 2. The van der Waals surface area contributed by atoms with E-state index in [9.17, 15) is 0 Å². The fourth-order valence-corrected chi connectivity index (χ4v) is 2.17. The van der Waals surface area contributed by atoms with Gasteiger partial charge in [-0.1, -0.05) is 35.4 Å². The minimum atomic E-state index is 0.584. The van der Waals surface area contributed by atoms with E-state index in [1.165, 1.54) is 5.56 Å². The number of anilines is 1. The summed E-state index contributed by atoms with van der Waals surface area (Å²) < 4.78 is 0. The van der Waals surface area contributed by atoms with Crippen molar-refractivity contribution in [1.82, 2.24) is 15.2 Å². The van der Waals surface area contributed by atoms with Gasteiger partial charge < -0.3 is 5.32 Å². The van der Waals surface area contributed by atoms with Crippen molar-refractivity contribution in [2.24, 2.45) is 0 Å². The molecule has 0 spiro atoms. The third kappa shape index (κ3) is 3.41. The van der Waals surface area contributed by atoms with Crippen LogP contribution in [0.3, 0.4) is 0 Å². The zero-order chi connectivity index (χ0) is 14.7. The van der Waals surface area contributed by atoms with Crippen LogP contribution in [0, 0.1) is 6.92 Å². The third-order valence-corrected chi connectivity index (χ3v) is 3.36. The number of H-pyrrole nitrogens is 1. The molecule has 0 bridgehead atoms. The highest BCUT2D eigenvalue weighted by atomic mass is 35.5. The molecule has 106 valence electrons. The molecule has 0 unspecified atom stereocenters. The summed E-state index contributed by atoms with van der Waals surface area (Å²) in [5, 5.41) is 11.2. The lowest BCUT2D eigenvalue weighted by Gasteiger charge is -2.03. The van der Waals surface area contributed by atoms with E-state index in [2.05, 4.69) is 39.6 Å². The lowest BCUT2D eigenvalue weighted by atomic mass is 10.1. The van der Waals surface area contributed by atoms with Crippen molar-refractivity contribution in [3.05, 3.63) is 64.9 Å². The zero-order valence-corrected chi connectivity index (χ0v) is 12.4. The van der Waals surface area contributed by atoms with Gasteiger partial charge in [0.1, 0.15) is 5.82 Å². The molecule has 4 nitrogen and oxygen atoms in total. The second-order valence-electron chi connectivity index (χ2n) is 4.84. The number of rotatable bonds is 4. The summed E-state index contributed by atoms with van der Waals surface area (Å²) in [6.07, 6.45) is 0. The smallest absolute Gasteiger partial charge is 0.181 e. The zero-order valence-electron chi connectivity index (χ0n) is 11.6. The summed E-state index contributed by atoms with van der Waals surface area (Å²) in [4.78, 5) is 4.50. The van der Waals surface area contributed by atoms with Gasteiger partial charge in [-0.2, -0.15) is 5.10 Å². The molecule has 2 N–H and O–H groups in total. The predicted molar refractivity (Wildman–Crippen MR) is 85.3 cm³/mol. The molecule has 0 saturated carbocycles. The number of halogens is 1. The number of nitrogens with zero attached hydrogens (tertiary/aromatic N) is 2. The van der Waals surface area contributed by atoms with Crippen LogP contribution < -0.4 is 5.32 Å². The maximum atomic E-state index is 5.86. The van der Waals surface area contributed by atoms with Gasteiger partial charge in [-0.15, -0.1) is 0 Å². The van der Waals surface area contributed by atoms with Crippen LogP contribution in [0.25, 0.3) is 11.4 Å². The Hall–Kier alpha value is -2.33. The molecule has 0 fully saturated rings. The first-order chi connectivity index (χ1) is 10.2. The standard InChI is InChI=1S/C16H15ClN4/c1-11-3-2-4-12(9-11)16-19-15(20-21-16)10-18-14-7-5-13(17)6-8-14/h2-9,18H,10H2,1H3,(H,19,20,21). The van der Waals surface area contributed by atoms with Gasteiger partial charge in [-0.3, -0.25) is 5.10 Å². The van der Waals surface area contributed by atoms with Gasteiger partial charge in [0.15, 0.2) is 5.82 Å². The monoisotopic (exact) mass is 298 g/mol. The SMILES string of the molecule is Cc1cccc(-c2n[nH]c(CNc3ccc(Cl)cc3)n2)c1. The molecular weight excluding hydrogens is 284 g/mol. The van der Waals surface area contributed by atoms with Crippen molar-refractivity contribution in [3.63, 3.8) is 0 Å². The predicted octanol–water partition coefficient (Wildman–Crippen LogP) is 4.05. The van der Waals surface area contributed by atoms with Crippen LogP contribution >= 0.6 is 11.6 Å². The lowest BCUT2D eigenvalue weighted by molar-refractivity contribution is 0.955. The third-order valence-electron chi connectivity index (χ3n) is 3.11. The molecule has 0 atom stereocenters. The van der Waals surface area contributed by atoms with Crippen LogP contribution in [0.4, 0.5) is 5.69 Å². The molecule has 2 aromatic carbocycles. The Morgan fingerprint density at radius 1 is 1.14 bits per heavy atom. The lowest BCUT2D eigenvalue weighted by Crippen LogP contribution is -2.00. The Morgan fingerprint density at radius 3 is 2.71 bits per heavy atom. The molecule has 5 heteroatoms. The number of aromatic amines is 1.